The lowest BCUT2D eigenvalue weighted by Crippen LogP contribution is -2.53. The van der Waals surface area contributed by atoms with Gasteiger partial charge in [-0.1, -0.05) is 36.4 Å². The number of likely N-dealkylation sites (N-methyl/N-ethyl adjacent to an activating group) is 1. The van der Waals surface area contributed by atoms with Crippen LogP contribution in [0.15, 0.2) is 60.9 Å². The minimum atomic E-state index is -5.08. The number of carboxylic acid groups (broad SMARTS) is 1. The third kappa shape index (κ3) is 5.93. The number of carbonyl (C=O) groups is 2. The van der Waals surface area contributed by atoms with E-state index in [0.29, 0.717) is 17.9 Å². The molecule has 194 valence electrons. The monoisotopic (exact) mass is 513 g/mol. The van der Waals surface area contributed by atoms with E-state index < -0.39 is 12.1 Å². The van der Waals surface area contributed by atoms with Crippen LogP contribution < -0.4 is 0 Å². The summed E-state index contributed by atoms with van der Waals surface area (Å²) >= 11 is 0. The molecule has 2 aliphatic heterocycles. The summed E-state index contributed by atoms with van der Waals surface area (Å²) < 4.78 is 31.7. The van der Waals surface area contributed by atoms with Crippen molar-refractivity contribution in [2.24, 2.45) is 0 Å². The van der Waals surface area contributed by atoms with Crippen LogP contribution in [0.3, 0.4) is 0 Å². The fourth-order valence-electron chi connectivity index (χ4n) is 4.73. The van der Waals surface area contributed by atoms with Gasteiger partial charge < -0.3 is 10.0 Å². The van der Waals surface area contributed by atoms with Crippen molar-refractivity contribution in [1.29, 1.82) is 0 Å². The molecule has 8 nitrogen and oxygen atoms in total. The molecular formula is C26H26F3N5O3. The Kier molecular flexibility index (Phi) is 7.53. The number of rotatable bonds is 3. The van der Waals surface area contributed by atoms with Crippen molar-refractivity contribution >= 4 is 11.9 Å². The first kappa shape index (κ1) is 26.2. The van der Waals surface area contributed by atoms with E-state index in [1.54, 1.807) is 6.20 Å². The van der Waals surface area contributed by atoms with Crippen LogP contribution in [0, 0.1) is 0 Å². The van der Waals surface area contributed by atoms with Gasteiger partial charge in [0.25, 0.3) is 5.91 Å². The van der Waals surface area contributed by atoms with E-state index in [9.17, 15) is 18.0 Å². The summed E-state index contributed by atoms with van der Waals surface area (Å²) in [6.45, 7) is 3.49. The largest absolute Gasteiger partial charge is 0.490 e. The van der Waals surface area contributed by atoms with Crippen LogP contribution in [0.25, 0.3) is 11.4 Å². The quantitative estimate of drug-likeness (QED) is 0.569. The molecule has 3 aromatic rings. The molecule has 0 atom stereocenters. The van der Waals surface area contributed by atoms with E-state index in [-0.39, 0.29) is 11.3 Å². The molecule has 0 unspecified atom stereocenters. The smallest absolute Gasteiger partial charge is 0.475 e. The second-order valence-electron chi connectivity index (χ2n) is 9.16. The zero-order chi connectivity index (χ0) is 26.6. The normalized spacial score (nSPS) is 17.1. The van der Waals surface area contributed by atoms with Crippen LogP contribution in [-0.4, -0.2) is 74.6 Å². The number of halogens is 3. The molecule has 5 rings (SSSR count). The molecule has 0 aliphatic carbocycles. The van der Waals surface area contributed by atoms with E-state index in [4.69, 9.17) is 14.9 Å². The number of pyridine rings is 1. The van der Waals surface area contributed by atoms with Gasteiger partial charge in [-0.05, 0) is 38.1 Å². The molecule has 2 aromatic heterocycles. The predicted octanol–water partition coefficient (Wildman–Crippen LogP) is 3.79. The number of fused-ring (bicyclic) bond motifs is 2. The van der Waals surface area contributed by atoms with Crippen molar-refractivity contribution in [1.82, 2.24) is 24.8 Å². The third-order valence-electron chi connectivity index (χ3n) is 6.61. The van der Waals surface area contributed by atoms with Gasteiger partial charge in [0.1, 0.15) is 0 Å². The van der Waals surface area contributed by atoms with Crippen molar-refractivity contribution in [3.63, 3.8) is 0 Å². The number of benzene rings is 1. The predicted molar refractivity (Wildman–Crippen MR) is 129 cm³/mol. The number of amides is 1. The van der Waals surface area contributed by atoms with Gasteiger partial charge >= 0.3 is 12.1 Å². The van der Waals surface area contributed by atoms with Crippen LogP contribution in [0.2, 0.25) is 0 Å². The molecule has 1 spiro atoms. The van der Waals surface area contributed by atoms with E-state index in [2.05, 4.69) is 20.9 Å². The maximum atomic E-state index is 12.8. The fourth-order valence-corrected chi connectivity index (χ4v) is 4.73. The average Bonchev–Trinajstić information content (AvgIpc) is 2.89. The first-order valence-corrected chi connectivity index (χ1v) is 11.7. The van der Waals surface area contributed by atoms with Crippen molar-refractivity contribution in [2.45, 2.75) is 31.0 Å². The van der Waals surface area contributed by atoms with E-state index >= 15 is 0 Å². The summed E-state index contributed by atoms with van der Waals surface area (Å²) in [6, 6.07) is 16.1. The van der Waals surface area contributed by atoms with E-state index in [0.717, 1.165) is 49.4 Å². The number of hydrogen-bond donors (Lipinski definition) is 1. The summed E-state index contributed by atoms with van der Waals surface area (Å²) in [6.07, 6.45) is 0.427. The Morgan fingerprint density at radius 2 is 1.70 bits per heavy atom. The van der Waals surface area contributed by atoms with Gasteiger partial charge in [0.15, 0.2) is 5.82 Å². The molecule has 1 fully saturated rings. The molecule has 1 amide bonds. The number of aliphatic carboxylic acids is 1. The van der Waals surface area contributed by atoms with Gasteiger partial charge in [-0.2, -0.15) is 13.2 Å². The zero-order valence-electron chi connectivity index (χ0n) is 20.1. The first-order valence-electron chi connectivity index (χ1n) is 11.7. The topological polar surface area (TPSA) is 99.5 Å². The average molecular weight is 514 g/mol. The summed E-state index contributed by atoms with van der Waals surface area (Å²) in [5.41, 5.74) is 3.54. The molecule has 2 aliphatic rings. The third-order valence-corrected chi connectivity index (χ3v) is 6.61. The number of alkyl halides is 3. The van der Waals surface area contributed by atoms with Crippen molar-refractivity contribution in [3.05, 3.63) is 77.9 Å². The lowest BCUT2D eigenvalue weighted by Gasteiger charge is -2.46. The Balaban J connectivity index is 0.000000405. The van der Waals surface area contributed by atoms with E-state index in [1.807, 2.05) is 60.6 Å². The van der Waals surface area contributed by atoms with Crippen molar-refractivity contribution < 1.29 is 27.9 Å². The van der Waals surface area contributed by atoms with Crippen LogP contribution in [0.4, 0.5) is 13.2 Å². The highest BCUT2D eigenvalue weighted by atomic mass is 19.4. The van der Waals surface area contributed by atoms with E-state index in [1.165, 1.54) is 0 Å². The van der Waals surface area contributed by atoms with Gasteiger partial charge in [-0.15, -0.1) is 0 Å². The SMILES string of the molecule is CN1CC2(CCN(Cc3ccccn3)CC2)c2nc(-c3ccccc3)ncc2C1=O.O=C(O)C(F)(F)F. The number of hydrogen-bond acceptors (Lipinski definition) is 6. The number of carbonyl (C=O) groups excluding carboxylic acids is 1. The first-order chi connectivity index (χ1) is 17.6. The van der Waals surface area contributed by atoms with Gasteiger partial charge in [-0.25, -0.2) is 14.8 Å². The Morgan fingerprint density at radius 1 is 1.05 bits per heavy atom. The zero-order valence-corrected chi connectivity index (χ0v) is 20.1. The van der Waals surface area contributed by atoms with Gasteiger partial charge in [0.05, 0.1) is 17.0 Å². The Bertz CT molecular complexity index is 1250. The summed E-state index contributed by atoms with van der Waals surface area (Å²) in [5, 5.41) is 7.12. The molecule has 0 radical (unpaired) electrons. The summed E-state index contributed by atoms with van der Waals surface area (Å²) in [7, 11) is 1.89. The molecule has 11 heteroatoms. The molecule has 37 heavy (non-hydrogen) atoms. The summed E-state index contributed by atoms with van der Waals surface area (Å²) in [5.74, 6) is -2.04. The molecule has 1 saturated heterocycles. The Labute approximate surface area is 211 Å². The standard InChI is InChI=1S/C24H25N5O.C2HF3O2/c1-28-17-24(10-13-29(14-11-24)16-19-9-5-6-12-25-19)21-20(23(28)30)15-26-22(27-21)18-7-3-2-4-8-18;3-2(4,5)1(6)7/h2-9,12,15H,10-11,13-14,16-17H2,1H3;(H,6,7). The lowest BCUT2D eigenvalue weighted by molar-refractivity contribution is -0.192. The van der Waals surface area contributed by atoms with Crippen molar-refractivity contribution in [2.75, 3.05) is 26.7 Å². The minimum Gasteiger partial charge on any atom is -0.475 e. The molecule has 1 N–H and O–H groups in total. The van der Waals surface area contributed by atoms with Crippen LogP contribution >= 0.6 is 0 Å². The number of carboxylic acids is 1. The minimum absolute atomic E-state index is 0.0196. The fraction of sp³-hybridized carbons (Fsp3) is 0.346. The number of aromatic nitrogens is 3. The molecule has 1 aromatic carbocycles. The van der Waals surface area contributed by atoms with Gasteiger partial charge in [0.2, 0.25) is 0 Å². The highest BCUT2D eigenvalue weighted by Gasteiger charge is 2.45. The van der Waals surface area contributed by atoms with Crippen LogP contribution in [-0.2, 0) is 16.8 Å². The second-order valence-corrected chi connectivity index (χ2v) is 9.16. The van der Waals surface area contributed by atoms with Crippen LogP contribution in [0.1, 0.15) is 34.6 Å². The Morgan fingerprint density at radius 3 is 2.30 bits per heavy atom. The number of likely N-dealkylation sites (tertiary alicyclic amines) is 1. The highest BCUT2D eigenvalue weighted by Crippen LogP contribution is 2.41. The number of nitrogens with zero attached hydrogens (tertiary/aromatic N) is 5. The maximum absolute atomic E-state index is 12.8. The Hall–Kier alpha value is -3.86. The van der Waals surface area contributed by atoms with Gasteiger partial charge in [0, 0.05) is 43.5 Å². The second kappa shape index (κ2) is 10.6. The molecule has 0 bridgehead atoms. The van der Waals surface area contributed by atoms with Crippen LogP contribution in [0.5, 0.6) is 0 Å². The highest BCUT2D eigenvalue weighted by molar-refractivity contribution is 5.96. The number of piperidine rings is 1. The molecular weight excluding hydrogens is 487 g/mol. The lowest BCUT2D eigenvalue weighted by atomic mass is 9.71. The molecule has 4 heterocycles. The van der Waals surface area contributed by atoms with Crippen molar-refractivity contribution in [3.8, 4) is 11.4 Å². The molecule has 0 saturated carbocycles. The summed E-state index contributed by atoms with van der Waals surface area (Å²) in [4.78, 5) is 40.0. The van der Waals surface area contributed by atoms with Gasteiger partial charge in [-0.3, -0.25) is 14.7 Å². The maximum Gasteiger partial charge on any atom is 0.490 e.